The summed E-state index contributed by atoms with van der Waals surface area (Å²) >= 11 is 0. The van der Waals surface area contributed by atoms with Crippen LogP contribution in [0.2, 0.25) is 0 Å². The summed E-state index contributed by atoms with van der Waals surface area (Å²) in [5, 5.41) is 8.80. The Hall–Kier alpha value is -2.84. The minimum Gasteiger partial charge on any atom is -0.468 e. The summed E-state index contributed by atoms with van der Waals surface area (Å²) in [5.41, 5.74) is 2.18. The largest absolute Gasteiger partial charge is 0.468 e. The number of fused-ring (bicyclic) bond motifs is 1. The van der Waals surface area contributed by atoms with Crippen LogP contribution in [0.3, 0.4) is 0 Å². The number of aromatic nitrogens is 5. The maximum absolute atomic E-state index is 13.7. The lowest BCUT2D eigenvalue weighted by Crippen LogP contribution is -2.13. The third kappa shape index (κ3) is 3.04. The number of halogens is 2. The van der Waals surface area contributed by atoms with E-state index in [1.165, 1.54) is 17.9 Å². The number of methoxy groups -OCH3 is 1. The van der Waals surface area contributed by atoms with Gasteiger partial charge in [0, 0.05) is 23.9 Å². The second-order valence-electron chi connectivity index (χ2n) is 5.90. The number of nitrogens with zero attached hydrogens (tertiary/aromatic N) is 5. The molecule has 0 fully saturated rings. The quantitative estimate of drug-likeness (QED) is 0.652. The van der Waals surface area contributed by atoms with Crippen LogP contribution in [-0.2, 0) is 22.6 Å². The predicted molar refractivity (Wildman–Crippen MR) is 90.9 cm³/mol. The van der Waals surface area contributed by atoms with Gasteiger partial charge in [-0.25, -0.2) is 18.4 Å². The Labute approximate surface area is 148 Å². The Kier molecular flexibility index (Phi) is 4.71. The van der Waals surface area contributed by atoms with Gasteiger partial charge in [0.2, 0.25) is 0 Å². The lowest BCUT2D eigenvalue weighted by molar-refractivity contribution is -0.141. The van der Waals surface area contributed by atoms with E-state index in [0.29, 0.717) is 29.2 Å². The average Bonchev–Trinajstić information content (AvgIpc) is 3.14. The molecular weight excluding hydrogens is 344 g/mol. The highest BCUT2D eigenvalue weighted by atomic mass is 19.3. The minimum absolute atomic E-state index is 0.165. The zero-order chi connectivity index (χ0) is 19.0. The zero-order valence-corrected chi connectivity index (χ0v) is 15.0. The highest BCUT2D eigenvalue weighted by Gasteiger charge is 2.23. The molecule has 0 aliphatic rings. The van der Waals surface area contributed by atoms with Crippen molar-refractivity contribution in [3.05, 3.63) is 29.2 Å². The summed E-state index contributed by atoms with van der Waals surface area (Å²) in [6.45, 7) is 5.81. The Morgan fingerprint density at radius 1 is 1.27 bits per heavy atom. The van der Waals surface area contributed by atoms with Crippen molar-refractivity contribution in [2.75, 3.05) is 7.11 Å². The molecule has 0 radical (unpaired) electrons. The second-order valence-corrected chi connectivity index (χ2v) is 5.90. The fraction of sp³-hybridized carbons (Fsp3) is 0.412. The van der Waals surface area contributed by atoms with Crippen molar-refractivity contribution in [3.8, 4) is 11.3 Å². The van der Waals surface area contributed by atoms with Gasteiger partial charge >= 0.3 is 5.97 Å². The van der Waals surface area contributed by atoms with Crippen LogP contribution in [-0.4, -0.2) is 37.6 Å². The van der Waals surface area contributed by atoms with Gasteiger partial charge in [0.05, 0.1) is 29.6 Å². The SMILES string of the molecule is CCn1cc(-c2cc(C(F)F)c3c(C)nn(CC(=O)OC)c3n2)c(C)n1. The highest BCUT2D eigenvalue weighted by molar-refractivity contribution is 5.86. The molecule has 0 aliphatic heterocycles. The Balaban J connectivity index is 2.26. The third-order valence-corrected chi connectivity index (χ3v) is 4.20. The number of hydrogen-bond acceptors (Lipinski definition) is 5. The van der Waals surface area contributed by atoms with Gasteiger partial charge in [0.1, 0.15) is 6.54 Å². The molecule has 0 amide bonds. The van der Waals surface area contributed by atoms with Gasteiger partial charge in [-0.15, -0.1) is 0 Å². The lowest BCUT2D eigenvalue weighted by atomic mass is 10.1. The molecule has 0 aliphatic carbocycles. The number of carbonyl (C=O) groups excluding carboxylic acids is 1. The van der Waals surface area contributed by atoms with Gasteiger partial charge in [0.15, 0.2) is 5.65 Å². The molecule has 7 nitrogen and oxygen atoms in total. The summed E-state index contributed by atoms with van der Waals surface area (Å²) < 4.78 is 35.1. The van der Waals surface area contributed by atoms with Crippen LogP contribution in [0.1, 0.15) is 30.3 Å². The van der Waals surface area contributed by atoms with E-state index < -0.39 is 12.4 Å². The first-order valence-electron chi connectivity index (χ1n) is 8.13. The van der Waals surface area contributed by atoms with Crippen LogP contribution < -0.4 is 0 Å². The van der Waals surface area contributed by atoms with Gasteiger partial charge in [0.25, 0.3) is 6.43 Å². The molecular formula is C17H19F2N5O2. The molecule has 138 valence electrons. The minimum atomic E-state index is -2.70. The number of alkyl halides is 2. The van der Waals surface area contributed by atoms with Crippen molar-refractivity contribution in [1.82, 2.24) is 24.5 Å². The monoisotopic (exact) mass is 363 g/mol. The van der Waals surface area contributed by atoms with Crippen LogP contribution in [0.4, 0.5) is 8.78 Å². The average molecular weight is 363 g/mol. The Morgan fingerprint density at radius 3 is 2.58 bits per heavy atom. The van der Waals surface area contributed by atoms with E-state index in [-0.39, 0.29) is 23.1 Å². The maximum atomic E-state index is 13.7. The van der Waals surface area contributed by atoms with Crippen LogP contribution in [0, 0.1) is 13.8 Å². The first-order chi connectivity index (χ1) is 12.3. The molecule has 0 N–H and O–H groups in total. The fourth-order valence-corrected chi connectivity index (χ4v) is 2.93. The highest BCUT2D eigenvalue weighted by Crippen LogP contribution is 2.33. The van der Waals surface area contributed by atoms with Crippen LogP contribution in [0.5, 0.6) is 0 Å². The second kappa shape index (κ2) is 6.81. The van der Waals surface area contributed by atoms with E-state index in [4.69, 9.17) is 0 Å². The summed E-state index contributed by atoms with van der Waals surface area (Å²) in [5.74, 6) is -0.532. The van der Waals surface area contributed by atoms with E-state index in [9.17, 15) is 13.6 Å². The van der Waals surface area contributed by atoms with E-state index in [1.54, 1.807) is 24.7 Å². The molecule has 0 saturated carbocycles. The number of ether oxygens (including phenoxy) is 1. The number of pyridine rings is 1. The van der Waals surface area contributed by atoms with Gasteiger partial charge < -0.3 is 4.74 Å². The molecule has 0 saturated heterocycles. The zero-order valence-electron chi connectivity index (χ0n) is 15.0. The summed E-state index contributed by atoms with van der Waals surface area (Å²) in [4.78, 5) is 16.1. The number of esters is 1. The van der Waals surface area contributed by atoms with Gasteiger partial charge in [-0.05, 0) is 26.8 Å². The van der Waals surface area contributed by atoms with Crippen molar-refractivity contribution in [1.29, 1.82) is 0 Å². The molecule has 3 rings (SSSR count). The third-order valence-electron chi connectivity index (χ3n) is 4.20. The van der Waals surface area contributed by atoms with Crippen LogP contribution >= 0.6 is 0 Å². The van der Waals surface area contributed by atoms with E-state index >= 15 is 0 Å². The molecule has 0 atom stereocenters. The van der Waals surface area contributed by atoms with E-state index in [0.717, 1.165) is 0 Å². The van der Waals surface area contributed by atoms with Gasteiger partial charge in [-0.1, -0.05) is 0 Å². The number of aryl methyl sites for hydroxylation is 3. The van der Waals surface area contributed by atoms with E-state index in [2.05, 4.69) is 19.9 Å². The molecule has 26 heavy (non-hydrogen) atoms. The summed E-state index contributed by atoms with van der Waals surface area (Å²) in [6, 6.07) is 1.37. The molecule has 9 heteroatoms. The predicted octanol–water partition coefficient (Wildman–Crippen LogP) is 3.04. The molecule has 3 heterocycles. The van der Waals surface area contributed by atoms with Crippen molar-refractivity contribution < 1.29 is 18.3 Å². The smallest absolute Gasteiger partial charge is 0.327 e. The summed E-state index contributed by atoms with van der Waals surface area (Å²) in [7, 11) is 1.26. The first kappa shape index (κ1) is 18.0. The standard InChI is InChI=1S/C17H19F2N5O2/c1-5-23-7-12(9(2)21-23)13-6-11(16(18)19)15-10(3)22-24(17(15)20-13)8-14(25)26-4/h6-7,16H,5,8H2,1-4H3. The van der Waals surface area contributed by atoms with Crippen molar-refractivity contribution in [2.45, 2.75) is 40.3 Å². The van der Waals surface area contributed by atoms with Gasteiger partial charge in [-0.2, -0.15) is 10.2 Å². The topological polar surface area (TPSA) is 74.8 Å². The van der Waals surface area contributed by atoms with Crippen LogP contribution in [0.15, 0.2) is 12.3 Å². The molecule has 0 bridgehead atoms. The first-order valence-corrected chi connectivity index (χ1v) is 8.13. The number of hydrogen-bond donors (Lipinski definition) is 0. The number of rotatable bonds is 5. The summed E-state index contributed by atoms with van der Waals surface area (Å²) in [6.07, 6.45) is -0.928. The van der Waals surface area contributed by atoms with Crippen molar-refractivity contribution >= 4 is 17.0 Å². The van der Waals surface area contributed by atoms with Crippen molar-refractivity contribution in [3.63, 3.8) is 0 Å². The molecule has 3 aromatic heterocycles. The Bertz CT molecular complexity index is 977. The van der Waals surface area contributed by atoms with Crippen molar-refractivity contribution in [2.24, 2.45) is 0 Å². The normalized spacial score (nSPS) is 11.5. The van der Waals surface area contributed by atoms with Gasteiger partial charge in [-0.3, -0.25) is 9.48 Å². The Morgan fingerprint density at radius 2 is 2.00 bits per heavy atom. The number of carbonyl (C=O) groups is 1. The fourth-order valence-electron chi connectivity index (χ4n) is 2.93. The lowest BCUT2D eigenvalue weighted by Gasteiger charge is -2.08. The van der Waals surface area contributed by atoms with E-state index in [1.807, 2.05) is 6.92 Å². The van der Waals surface area contributed by atoms with Crippen LogP contribution in [0.25, 0.3) is 22.3 Å². The molecule has 3 aromatic rings. The molecule has 0 unspecified atom stereocenters. The molecule has 0 aromatic carbocycles. The maximum Gasteiger partial charge on any atom is 0.327 e. The molecule has 0 spiro atoms.